The molecule has 1 radical (unpaired) electrons. The van der Waals surface area contributed by atoms with Crippen LogP contribution in [0.1, 0.15) is 11.5 Å². The van der Waals surface area contributed by atoms with E-state index in [0.717, 1.165) is 5.56 Å². The van der Waals surface area contributed by atoms with E-state index >= 15 is 0 Å². The smallest absolute Gasteiger partial charge is 0.0778 e. The van der Waals surface area contributed by atoms with Crippen LogP contribution in [0.2, 0.25) is 15.1 Å². The van der Waals surface area contributed by atoms with Crippen molar-refractivity contribution in [3.05, 3.63) is 39.7 Å². The molecule has 0 fully saturated rings. The van der Waals surface area contributed by atoms with Crippen molar-refractivity contribution in [2.24, 2.45) is 0 Å². The molecule has 1 atom stereocenters. The van der Waals surface area contributed by atoms with Crippen molar-refractivity contribution < 1.29 is 5.11 Å². The van der Waals surface area contributed by atoms with Crippen molar-refractivity contribution in [1.29, 1.82) is 0 Å². The highest BCUT2D eigenvalue weighted by molar-refractivity contribution is 6.48. The molecule has 0 amide bonds. The van der Waals surface area contributed by atoms with Gasteiger partial charge in [0.2, 0.25) is 0 Å². The number of halogens is 3. The summed E-state index contributed by atoms with van der Waals surface area (Å²) in [6.45, 7) is 3.68. The summed E-state index contributed by atoms with van der Waals surface area (Å²) >= 11 is 17.3. The van der Waals surface area contributed by atoms with Crippen molar-refractivity contribution >= 4 is 34.8 Å². The average molecular weight is 239 g/mol. The molecule has 1 aromatic rings. The van der Waals surface area contributed by atoms with E-state index in [9.17, 15) is 0 Å². The van der Waals surface area contributed by atoms with Crippen LogP contribution in [0.5, 0.6) is 0 Å². The number of hydrogen-bond donors (Lipinski definition) is 1. The Morgan fingerprint density at radius 3 is 2.08 bits per heavy atom. The van der Waals surface area contributed by atoms with Crippen molar-refractivity contribution in [2.45, 2.75) is 5.92 Å². The van der Waals surface area contributed by atoms with E-state index < -0.39 is 0 Å². The molecule has 0 heterocycles. The molecule has 0 aromatic heterocycles. The molecule has 0 aliphatic rings. The molecule has 0 saturated heterocycles. The zero-order chi connectivity index (χ0) is 10.0. The number of hydrogen-bond acceptors (Lipinski definition) is 1. The molecule has 0 spiro atoms. The lowest BCUT2D eigenvalue weighted by Gasteiger charge is -2.10. The normalized spacial score (nSPS) is 13.0. The first kappa shape index (κ1) is 11.1. The quantitative estimate of drug-likeness (QED) is 0.781. The van der Waals surface area contributed by atoms with Crippen molar-refractivity contribution in [3.8, 4) is 0 Å². The predicted octanol–water partition coefficient (Wildman–Crippen LogP) is 3.56. The Labute approximate surface area is 92.2 Å². The van der Waals surface area contributed by atoms with Gasteiger partial charge in [0.1, 0.15) is 0 Å². The van der Waals surface area contributed by atoms with Crippen LogP contribution < -0.4 is 0 Å². The van der Waals surface area contributed by atoms with Gasteiger partial charge >= 0.3 is 0 Å². The molecule has 1 aromatic carbocycles. The Morgan fingerprint density at radius 2 is 1.69 bits per heavy atom. The van der Waals surface area contributed by atoms with Crippen LogP contribution >= 0.6 is 34.8 Å². The topological polar surface area (TPSA) is 20.2 Å². The first-order valence-corrected chi connectivity index (χ1v) is 4.78. The highest BCUT2D eigenvalue weighted by atomic mass is 35.5. The minimum atomic E-state index is -0.229. The van der Waals surface area contributed by atoms with E-state index in [-0.39, 0.29) is 12.5 Å². The summed E-state index contributed by atoms with van der Waals surface area (Å²) in [4.78, 5) is 0. The number of benzene rings is 1. The Kier molecular flexibility index (Phi) is 3.87. The van der Waals surface area contributed by atoms with Crippen LogP contribution in [0.25, 0.3) is 0 Å². The molecule has 1 N–H and O–H groups in total. The van der Waals surface area contributed by atoms with Gasteiger partial charge in [-0.15, -0.1) is 0 Å². The van der Waals surface area contributed by atoms with E-state index in [1.165, 1.54) is 0 Å². The SMILES string of the molecule is [CH2]C(CO)c1cc(Cl)c(Cl)c(Cl)c1. The standard InChI is InChI=1S/C9H8Cl3O/c1-5(4-13)6-2-7(10)9(12)8(11)3-6/h2-3,5,13H,1,4H2. The molecular formula is C9H8Cl3O. The van der Waals surface area contributed by atoms with Gasteiger partial charge in [0.05, 0.1) is 15.1 Å². The van der Waals surface area contributed by atoms with Crippen LogP contribution in [-0.2, 0) is 0 Å². The second kappa shape index (κ2) is 4.52. The number of aliphatic hydroxyl groups excluding tert-OH is 1. The lowest BCUT2D eigenvalue weighted by Crippen LogP contribution is -1.99. The lowest BCUT2D eigenvalue weighted by atomic mass is 10.0. The van der Waals surface area contributed by atoms with Crippen molar-refractivity contribution in [1.82, 2.24) is 0 Å². The molecule has 13 heavy (non-hydrogen) atoms. The highest BCUT2D eigenvalue weighted by Crippen LogP contribution is 2.33. The molecule has 0 aliphatic heterocycles. The van der Waals surface area contributed by atoms with Crippen LogP contribution in [-0.4, -0.2) is 11.7 Å². The van der Waals surface area contributed by atoms with E-state index in [1.807, 2.05) is 0 Å². The molecule has 0 saturated carbocycles. The van der Waals surface area contributed by atoms with Crippen LogP contribution in [0, 0.1) is 6.92 Å². The maximum atomic E-state index is 8.86. The second-order valence-corrected chi connectivity index (χ2v) is 3.87. The fraction of sp³-hybridized carbons (Fsp3) is 0.222. The molecule has 1 rings (SSSR count). The van der Waals surface area contributed by atoms with Gasteiger partial charge in [-0.2, -0.15) is 0 Å². The summed E-state index contributed by atoms with van der Waals surface area (Å²) < 4.78 is 0. The number of rotatable bonds is 2. The second-order valence-electron chi connectivity index (χ2n) is 2.68. The van der Waals surface area contributed by atoms with Crippen molar-refractivity contribution in [3.63, 3.8) is 0 Å². The van der Waals surface area contributed by atoms with E-state index in [4.69, 9.17) is 39.9 Å². The third-order valence-corrected chi connectivity index (χ3v) is 2.89. The first-order valence-electron chi connectivity index (χ1n) is 3.64. The van der Waals surface area contributed by atoms with Crippen molar-refractivity contribution in [2.75, 3.05) is 6.61 Å². The van der Waals surface area contributed by atoms with E-state index in [0.29, 0.717) is 15.1 Å². The third kappa shape index (κ3) is 2.50. The van der Waals surface area contributed by atoms with Gasteiger partial charge in [0, 0.05) is 12.5 Å². The largest absolute Gasteiger partial charge is 0.396 e. The summed E-state index contributed by atoms with van der Waals surface area (Å²) in [7, 11) is 0. The van der Waals surface area contributed by atoms with E-state index in [2.05, 4.69) is 6.92 Å². The summed E-state index contributed by atoms with van der Waals surface area (Å²) in [6.07, 6.45) is 0. The molecular weight excluding hydrogens is 230 g/mol. The van der Waals surface area contributed by atoms with Gasteiger partial charge in [0.25, 0.3) is 0 Å². The Bertz CT molecular complexity index is 289. The lowest BCUT2D eigenvalue weighted by molar-refractivity contribution is 0.282. The number of aliphatic hydroxyl groups is 1. The Balaban J connectivity index is 3.13. The molecule has 4 heteroatoms. The Hall–Kier alpha value is 0.0500. The van der Waals surface area contributed by atoms with Crippen LogP contribution in [0.4, 0.5) is 0 Å². The van der Waals surface area contributed by atoms with Gasteiger partial charge in [-0.05, 0) is 24.6 Å². The summed E-state index contributed by atoms with van der Waals surface area (Å²) in [5.74, 6) is -0.229. The van der Waals surface area contributed by atoms with Gasteiger partial charge in [-0.3, -0.25) is 0 Å². The van der Waals surface area contributed by atoms with Gasteiger partial charge in [-0.25, -0.2) is 0 Å². The highest BCUT2D eigenvalue weighted by Gasteiger charge is 2.10. The van der Waals surface area contributed by atoms with Gasteiger partial charge < -0.3 is 5.11 Å². The maximum Gasteiger partial charge on any atom is 0.0778 e. The van der Waals surface area contributed by atoms with E-state index in [1.54, 1.807) is 12.1 Å². The monoisotopic (exact) mass is 237 g/mol. The van der Waals surface area contributed by atoms with Gasteiger partial charge in [0.15, 0.2) is 0 Å². The Morgan fingerprint density at radius 1 is 1.23 bits per heavy atom. The fourth-order valence-corrected chi connectivity index (χ4v) is 1.53. The van der Waals surface area contributed by atoms with Gasteiger partial charge in [-0.1, -0.05) is 34.8 Å². The van der Waals surface area contributed by atoms with Crippen LogP contribution in [0.3, 0.4) is 0 Å². The summed E-state index contributed by atoms with van der Waals surface area (Å²) in [5.41, 5.74) is 0.780. The minimum absolute atomic E-state index is 0.0473. The third-order valence-electron chi connectivity index (χ3n) is 1.70. The molecule has 1 nitrogen and oxygen atoms in total. The summed E-state index contributed by atoms with van der Waals surface area (Å²) in [5, 5.41) is 9.95. The zero-order valence-electron chi connectivity index (χ0n) is 6.73. The predicted molar refractivity (Wildman–Crippen MR) is 56.7 cm³/mol. The zero-order valence-corrected chi connectivity index (χ0v) is 9.00. The molecule has 0 aliphatic carbocycles. The first-order chi connectivity index (χ1) is 6.06. The minimum Gasteiger partial charge on any atom is -0.396 e. The molecule has 71 valence electrons. The summed E-state index contributed by atoms with van der Waals surface area (Å²) in [6, 6.07) is 3.31. The average Bonchev–Trinajstić information content (AvgIpc) is 2.12. The molecule has 0 bridgehead atoms. The maximum absolute atomic E-state index is 8.86. The van der Waals surface area contributed by atoms with Crippen LogP contribution in [0.15, 0.2) is 12.1 Å². The molecule has 1 unspecified atom stereocenters. The fourth-order valence-electron chi connectivity index (χ4n) is 0.916.